The first-order valence-corrected chi connectivity index (χ1v) is 7.19. The van der Waals surface area contributed by atoms with E-state index in [-0.39, 0.29) is 6.10 Å². The van der Waals surface area contributed by atoms with E-state index in [1.165, 1.54) is 0 Å². The van der Waals surface area contributed by atoms with Crippen LogP contribution in [0.1, 0.15) is 24.7 Å². The van der Waals surface area contributed by atoms with Gasteiger partial charge in [0.2, 0.25) is 0 Å². The van der Waals surface area contributed by atoms with E-state index in [2.05, 4.69) is 16.9 Å². The molecule has 0 aromatic carbocycles. The van der Waals surface area contributed by atoms with E-state index in [4.69, 9.17) is 10.5 Å². The fraction of sp³-hybridized carbons (Fsp3) is 0.786. The standard InChI is InChI=1S/C14H26N4O2/c1-9-14(15)10(2)18(16-9)8-12(19)7-17(4)13-5-6-20-11(13)3/h11-13,19H,5-8,15H2,1-4H3. The molecule has 0 amide bonds. The van der Waals surface area contributed by atoms with Gasteiger partial charge in [-0.05, 0) is 34.2 Å². The maximum Gasteiger partial charge on any atom is 0.0862 e. The number of aryl methyl sites for hydroxylation is 1. The van der Waals surface area contributed by atoms with Crippen LogP contribution in [0.3, 0.4) is 0 Å². The Morgan fingerprint density at radius 2 is 2.25 bits per heavy atom. The summed E-state index contributed by atoms with van der Waals surface area (Å²) >= 11 is 0. The van der Waals surface area contributed by atoms with Gasteiger partial charge in [0.1, 0.15) is 0 Å². The summed E-state index contributed by atoms with van der Waals surface area (Å²) in [5.74, 6) is 0. The van der Waals surface area contributed by atoms with Crippen molar-refractivity contribution in [1.29, 1.82) is 0 Å². The average molecular weight is 282 g/mol. The molecule has 3 atom stereocenters. The van der Waals surface area contributed by atoms with Crippen LogP contribution in [0, 0.1) is 13.8 Å². The first-order chi connectivity index (χ1) is 9.40. The van der Waals surface area contributed by atoms with Crippen LogP contribution in [0.15, 0.2) is 0 Å². The first-order valence-electron chi connectivity index (χ1n) is 7.19. The van der Waals surface area contributed by atoms with Gasteiger partial charge in [-0.3, -0.25) is 9.58 Å². The number of aromatic nitrogens is 2. The smallest absolute Gasteiger partial charge is 0.0862 e. The molecule has 3 unspecified atom stereocenters. The van der Waals surface area contributed by atoms with Gasteiger partial charge in [-0.1, -0.05) is 0 Å². The number of hydrogen-bond acceptors (Lipinski definition) is 5. The molecule has 1 aromatic rings. The zero-order chi connectivity index (χ0) is 14.9. The Balaban J connectivity index is 1.91. The topological polar surface area (TPSA) is 76.5 Å². The molecule has 1 fully saturated rings. The molecule has 20 heavy (non-hydrogen) atoms. The lowest BCUT2D eigenvalue weighted by Gasteiger charge is -2.28. The highest BCUT2D eigenvalue weighted by Crippen LogP contribution is 2.19. The molecule has 1 aromatic heterocycles. The predicted molar refractivity (Wildman–Crippen MR) is 78.6 cm³/mol. The summed E-state index contributed by atoms with van der Waals surface area (Å²) < 4.78 is 7.36. The summed E-state index contributed by atoms with van der Waals surface area (Å²) in [5.41, 5.74) is 8.36. The number of nitrogen functional groups attached to an aromatic ring is 1. The van der Waals surface area contributed by atoms with E-state index in [9.17, 15) is 5.11 Å². The molecule has 1 aliphatic rings. The van der Waals surface area contributed by atoms with Gasteiger partial charge < -0.3 is 15.6 Å². The predicted octanol–water partition coefficient (Wildman–Crippen LogP) is 0.552. The summed E-state index contributed by atoms with van der Waals surface area (Å²) in [5, 5.41) is 14.6. The lowest BCUT2D eigenvalue weighted by molar-refractivity contribution is 0.0516. The van der Waals surface area contributed by atoms with Gasteiger partial charge in [0.15, 0.2) is 0 Å². The van der Waals surface area contributed by atoms with Crippen molar-refractivity contribution >= 4 is 5.69 Å². The summed E-state index contributed by atoms with van der Waals surface area (Å²) in [6.07, 6.45) is 0.791. The van der Waals surface area contributed by atoms with Crippen molar-refractivity contribution < 1.29 is 9.84 Å². The van der Waals surface area contributed by atoms with Gasteiger partial charge in [-0.2, -0.15) is 5.10 Å². The van der Waals surface area contributed by atoms with Crippen molar-refractivity contribution in [2.75, 3.05) is 25.9 Å². The largest absolute Gasteiger partial charge is 0.396 e. The van der Waals surface area contributed by atoms with Crippen molar-refractivity contribution in [2.24, 2.45) is 0 Å². The van der Waals surface area contributed by atoms with Crippen molar-refractivity contribution in [3.8, 4) is 0 Å². The number of nitrogens with zero attached hydrogens (tertiary/aromatic N) is 3. The number of rotatable bonds is 5. The van der Waals surface area contributed by atoms with Gasteiger partial charge in [0.25, 0.3) is 0 Å². The minimum atomic E-state index is -0.467. The Morgan fingerprint density at radius 3 is 2.75 bits per heavy atom. The Hall–Kier alpha value is -1.11. The van der Waals surface area contributed by atoms with E-state index in [1.807, 2.05) is 20.9 Å². The van der Waals surface area contributed by atoms with E-state index in [0.29, 0.717) is 24.8 Å². The number of ether oxygens (including phenoxy) is 1. The lowest BCUT2D eigenvalue weighted by atomic mass is 10.1. The third-order valence-corrected chi connectivity index (χ3v) is 4.22. The Kier molecular flexibility index (Phi) is 4.67. The fourth-order valence-electron chi connectivity index (χ4n) is 2.91. The summed E-state index contributed by atoms with van der Waals surface area (Å²) in [7, 11) is 2.04. The molecule has 2 rings (SSSR count). The third kappa shape index (κ3) is 3.13. The zero-order valence-corrected chi connectivity index (χ0v) is 12.8. The van der Waals surface area contributed by atoms with Crippen LogP contribution >= 0.6 is 0 Å². The quantitative estimate of drug-likeness (QED) is 0.825. The Labute approximate surface area is 120 Å². The maximum atomic E-state index is 10.3. The van der Waals surface area contributed by atoms with Gasteiger partial charge in [0.05, 0.1) is 35.8 Å². The molecule has 3 N–H and O–H groups in total. The molecular formula is C14H26N4O2. The van der Waals surface area contributed by atoms with Crippen LogP contribution in [0.5, 0.6) is 0 Å². The van der Waals surface area contributed by atoms with Gasteiger partial charge >= 0.3 is 0 Å². The van der Waals surface area contributed by atoms with Crippen molar-refractivity contribution in [1.82, 2.24) is 14.7 Å². The number of hydrogen-bond donors (Lipinski definition) is 2. The van der Waals surface area contributed by atoms with Crippen LogP contribution in [0.25, 0.3) is 0 Å². The van der Waals surface area contributed by atoms with Gasteiger partial charge in [-0.25, -0.2) is 0 Å². The molecule has 0 saturated carbocycles. The molecule has 114 valence electrons. The highest BCUT2D eigenvalue weighted by atomic mass is 16.5. The highest BCUT2D eigenvalue weighted by Gasteiger charge is 2.28. The summed E-state index contributed by atoms with van der Waals surface area (Å²) in [4.78, 5) is 2.18. The van der Waals surface area contributed by atoms with E-state index >= 15 is 0 Å². The Morgan fingerprint density at radius 1 is 1.55 bits per heavy atom. The van der Waals surface area contributed by atoms with Crippen LogP contribution in [-0.2, 0) is 11.3 Å². The average Bonchev–Trinajstić information content (AvgIpc) is 2.90. The summed E-state index contributed by atoms with van der Waals surface area (Å²) in [6.45, 7) is 7.78. The molecule has 1 aliphatic heterocycles. The second-order valence-electron chi connectivity index (χ2n) is 5.79. The number of aliphatic hydroxyl groups excluding tert-OH is 1. The van der Waals surface area contributed by atoms with Gasteiger partial charge in [0, 0.05) is 19.2 Å². The second-order valence-corrected chi connectivity index (χ2v) is 5.79. The SMILES string of the molecule is Cc1nn(CC(O)CN(C)C2CCOC2C)c(C)c1N. The molecular weight excluding hydrogens is 256 g/mol. The molecule has 1 saturated heterocycles. The lowest BCUT2D eigenvalue weighted by Crippen LogP contribution is -2.42. The number of nitrogens with two attached hydrogens (primary N) is 1. The van der Waals surface area contributed by atoms with Crippen LogP contribution in [0.4, 0.5) is 5.69 Å². The van der Waals surface area contributed by atoms with E-state index < -0.39 is 6.10 Å². The van der Waals surface area contributed by atoms with E-state index in [0.717, 1.165) is 24.4 Å². The van der Waals surface area contributed by atoms with E-state index in [1.54, 1.807) is 4.68 Å². The van der Waals surface area contributed by atoms with Gasteiger partial charge in [-0.15, -0.1) is 0 Å². The number of anilines is 1. The minimum absolute atomic E-state index is 0.233. The zero-order valence-electron chi connectivity index (χ0n) is 12.8. The first kappa shape index (κ1) is 15.3. The Bertz CT molecular complexity index is 460. The molecule has 6 nitrogen and oxygen atoms in total. The fourth-order valence-corrected chi connectivity index (χ4v) is 2.91. The summed E-state index contributed by atoms with van der Waals surface area (Å²) in [6, 6.07) is 0.384. The molecule has 0 bridgehead atoms. The minimum Gasteiger partial charge on any atom is -0.396 e. The van der Waals surface area contributed by atoms with Crippen molar-refractivity contribution in [3.63, 3.8) is 0 Å². The van der Waals surface area contributed by atoms with Crippen LogP contribution in [-0.4, -0.2) is 58.2 Å². The number of likely N-dealkylation sites (N-methyl/N-ethyl adjacent to an activating group) is 1. The molecule has 0 radical (unpaired) electrons. The van der Waals surface area contributed by atoms with Crippen molar-refractivity contribution in [2.45, 2.75) is 52.0 Å². The van der Waals surface area contributed by atoms with Crippen LogP contribution < -0.4 is 5.73 Å². The third-order valence-electron chi connectivity index (χ3n) is 4.22. The highest BCUT2D eigenvalue weighted by molar-refractivity contribution is 5.46. The van der Waals surface area contributed by atoms with Crippen molar-refractivity contribution in [3.05, 3.63) is 11.4 Å². The molecule has 6 heteroatoms. The monoisotopic (exact) mass is 282 g/mol. The second kappa shape index (κ2) is 6.11. The maximum absolute atomic E-state index is 10.3. The molecule has 0 aliphatic carbocycles. The molecule has 2 heterocycles. The van der Waals surface area contributed by atoms with Crippen LogP contribution in [0.2, 0.25) is 0 Å². The molecule has 0 spiro atoms. The number of aliphatic hydroxyl groups is 1. The normalized spacial score (nSPS) is 24.5.